The van der Waals surface area contributed by atoms with Crippen molar-refractivity contribution in [3.8, 4) is 12.3 Å². The number of hydrogen-bond donors (Lipinski definition) is 2. The van der Waals surface area contributed by atoms with Crippen molar-refractivity contribution < 1.29 is 33.4 Å². The number of anilines is 1. The fraction of sp³-hybridized carbons (Fsp3) is 0.250. The first kappa shape index (κ1) is 39.0. The lowest BCUT2D eigenvalue weighted by atomic mass is 9.80. The van der Waals surface area contributed by atoms with Crippen LogP contribution >= 0.6 is 35.3 Å². The molecule has 55 heavy (non-hydrogen) atoms. The van der Waals surface area contributed by atoms with Crippen molar-refractivity contribution in [2.24, 2.45) is 5.16 Å². The number of rotatable bonds is 13. The van der Waals surface area contributed by atoms with Gasteiger partial charge in [-0.15, -0.1) is 35.4 Å². The van der Waals surface area contributed by atoms with E-state index in [9.17, 15) is 14.4 Å². The number of thioether (sulfide) groups is 1. The number of amides is 2. The zero-order chi connectivity index (χ0) is 39.1. The molecular weight excluding hydrogens is 759 g/mol. The average Bonchev–Trinajstić information content (AvgIpc) is 3.61. The summed E-state index contributed by atoms with van der Waals surface area (Å²) in [5, 5.41) is 8.54. The highest BCUT2D eigenvalue weighted by atomic mass is 32.2. The van der Waals surface area contributed by atoms with Crippen LogP contribution in [0, 0.1) is 12.3 Å². The number of benzene rings is 3. The number of thiazole rings is 1. The number of thiocarbonyl (C=S) groups is 1. The summed E-state index contributed by atoms with van der Waals surface area (Å²) in [6.07, 6.45) is 3.39. The number of nitrogens with one attached hydrogen (secondary N) is 1. The predicted octanol–water partition coefficient (Wildman–Crippen LogP) is 6.37. The lowest BCUT2D eigenvalue weighted by Gasteiger charge is -2.50. The Bertz CT molecular complexity index is 2060. The Kier molecular flexibility index (Phi) is 12.2. The van der Waals surface area contributed by atoms with Gasteiger partial charge in [0.25, 0.3) is 11.8 Å². The second kappa shape index (κ2) is 17.2. The van der Waals surface area contributed by atoms with Gasteiger partial charge in [-0.3, -0.25) is 14.5 Å². The number of ether oxygens (including phenoxy) is 3. The number of fused-ring (bicyclic) bond motifs is 1. The van der Waals surface area contributed by atoms with Gasteiger partial charge in [0.15, 0.2) is 10.8 Å². The van der Waals surface area contributed by atoms with Crippen LogP contribution in [0.25, 0.3) is 0 Å². The van der Waals surface area contributed by atoms with Crippen LogP contribution in [-0.4, -0.2) is 68.2 Å². The van der Waals surface area contributed by atoms with Crippen molar-refractivity contribution >= 4 is 69.2 Å². The van der Waals surface area contributed by atoms with Crippen molar-refractivity contribution in [3.05, 3.63) is 130 Å². The topological polar surface area (TPSA) is 155 Å². The van der Waals surface area contributed by atoms with Gasteiger partial charge in [-0.1, -0.05) is 96.2 Å². The van der Waals surface area contributed by atoms with E-state index in [0.29, 0.717) is 17.0 Å². The fourth-order valence-corrected chi connectivity index (χ4v) is 8.39. The molecule has 15 heteroatoms. The van der Waals surface area contributed by atoms with Crippen LogP contribution in [0.5, 0.6) is 0 Å². The van der Waals surface area contributed by atoms with E-state index in [-0.39, 0.29) is 28.0 Å². The summed E-state index contributed by atoms with van der Waals surface area (Å²) in [6, 6.07) is 27.7. The first-order valence-corrected chi connectivity index (χ1v) is 19.5. The minimum atomic E-state index is -1.30. The largest absolute Gasteiger partial charge is 0.511 e. The number of aromatic nitrogens is 1. The van der Waals surface area contributed by atoms with Crippen molar-refractivity contribution in [2.75, 3.05) is 11.5 Å². The number of terminal acetylenes is 1. The molecule has 0 saturated carbocycles. The van der Waals surface area contributed by atoms with E-state index in [1.807, 2.05) is 91.0 Å². The van der Waals surface area contributed by atoms with E-state index >= 15 is 0 Å². The zero-order valence-corrected chi connectivity index (χ0v) is 32.5. The number of carbonyl (C=O) groups is 3. The Balaban J connectivity index is 1.30. The van der Waals surface area contributed by atoms with Gasteiger partial charge >= 0.3 is 6.16 Å². The second-order valence-corrected chi connectivity index (χ2v) is 14.9. The summed E-state index contributed by atoms with van der Waals surface area (Å²) >= 11 is 8.13. The molecule has 6 rings (SSSR count). The van der Waals surface area contributed by atoms with Gasteiger partial charge in [-0.25, -0.2) is 9.78 Å². The highest BCUT2D eigenvalue weighted by Gasteiger charge is 2.54. The molecule has 0 bridgehead atoms. The Morgan fingerprint density at radius 3 is 2.09 bits per heavy atom. The van der Waals surface area contributed by atoms with E-state index in [1.165, 1.54) is 23.6 Å². The highest BCUT2D eigenvalue weighted by Crippen LogP contribution is 2.43. The standard InChI is InChI=1S/C40H37N5O7S3/c1-5-15-26-22-54-36-32(35(47)45(36)33(26)37(53)50-25(4)51-39(48)49-24(2)3)43-34(46)31(30-23-55-38(41)42-30)44-52-40(27-16-9-6-10-17-27,28-18-11-7-12-19-28)29-20-13-8-14-21-29/h1,6-14,16-21,23-25,32,36H,15,22H2,2-4H3,(H2,41,42)(H,43,46)/b44-31-/t25?,32-,36-/m1/s1. The molecule has 2 aliphatic rings. The molecule has 3 aromatic carbocycles. The maximum absolute atomic E-state index is 14.3. The van der Waals surface area contributed by atoms with Crippen LogP contribution in [0.1, 0.15) is 49.6 Å². The molecule has 2 aliphatic heterocycles. The monoisotopic (exact) mass is 795 g/mol. The number of nitrogens with zero attached hydrogens (tertiary/aromatic N) is 3. The van der Waals surface area contributed by atoms with Crippen LogP contribution in [-0.2, 0) is 34.2 Å². The van der Waals surface area contributed by atoms with Crippen LogP contribution < -0.4 is 11.1 Å². The quantitative estimate of drug-likeness (QED) is 0.0227. The molecular formula is C40H37N5O7S3. The molecule has 1 fully saturated rings. The molecule has 3 heterocycles. The molecule has 0 radical (unpaired) electrons. The van der Waals surface area contributed by atoms with E-state index in [1.54, 1.807) is 19.2 Å². The smallest absolute Gasteiger partial charge is 0.442 e. The number of nitrogen functional groups attached to an aromatic ring is 1. The highest BCUT2D eigenvalue weighted by molar-refractivity contribution is 8.00. The molecule has 282 valence electrons. The van der Waals surface area contributed by atoms with E-state index in [2.05, 4.69) is 21.4 Å². The fourth-order valence-electron chi connectivity index (χ4n) is 6.12. The SMILES string of the molecule is C#CCC1=C(C(=S)OC(C)OC(=O)OC(C)C)N2C(=O)[C@@H](NC(=O)/C(=N\OC(c3ccccc3)(c3ccccc3)c3ccccc3)c3csc(N)n3)[C@H]2SC1. The molecule has 1 unspecified atom stereocenters. The molecule has 12 nitrogen and oxygen atoms in total. The van der Waals surface area contributed by atoms with Gasteiger partial charge in [0.05, 0.1) is 6.10 Å². The lowest BCUT2D eigenvalue weighted by Crippen LogP contribution is -2.71. The van der Waals surface area contributed by atoms with Gasteiger partial charge in [0.2, 0.25) is 16.9 Å². The molecule has 0 spiro atoms. The lowest BCUT2D eigenvalue weighted by molar-refractivity contribution is -0.144. The predicted molar refractivity (Wildman–Crippen MR) is 215 cm³/mol. The van der Waals surface area contributed by atoms with Gasteiger partial charge in [-0.05, 0) is 31.6 Å². The maximum Gasteiger partial charge on any atom is 0.511 e. The summed E-state index contributed by atoms with van der Waals surface area (Å²) in [5.74, 6) is 1.83. The summed E-state index contributed by atoms with van der Waals surface area (Å²) in [7, 11) is 0. The summed E-state index contributed by atoms with van der Waals surface area (Å²) in [6.45, 7) is 4.84. The van der Waals surface area contributed by atoms with Crippen LogP contribution in [0.2, 0.25) is 0 Å². The maximum atomic E-state index is 14.3. The first-order valence-electron chi connectivity index (χ1n) is 17.2. The molecule has 1 aromatic heterocycles. The number of hydrogen-bond acceptors (Lipinski definition) is 13. The Morgan fingerprint density at radius 1 is 1.00 bits per heavy atom. The van der Waals surface area contributed by atoms with Gasteiger partial charge in [-0.2, -0.15) is 0 Å². The molecule has 3 atom stereocenters. The molecule has 1 saturated heterocycles. The Hall–Kier alpha value is -5.69. The third kappa shape index (κ3) is 8.36. The van der Waals surface area contributed by atoms with Crippen LogP contribution in [0.15, 0.2) is 113 Å². The van der Waals surface area contributed by atoms with Crippen molar-refractivity contribution in [1.82, 2.24) is 15.2 Å². The van der Waals surface area contributed by atoms with E-state index in [0.717, 1.165) is 28.0 Å². The van der Waals surface area contributed by atoms with Gasteiger partial charge in [0, 0.05) is 41.2 Å². The number of nitrogens with two attached hydrogens (primary N) is 1. The van der Waals surface area contributed by atoms with Gasteiger partial charge in [0.1, 0.15) is 22.8 Å². The normalized spacial score (nSPS) is 17.3. The summed E-state index contributed by atoms with van der Waals surface area (Å²) in [4.78, 5) is 52.6. The number of β-lactam (4-membered cyclic amide) rings is 1. The summed E-state index contributed by atoms with van der Waals surface area (Å²) < 4.78 is 15.9. The first-order chi connectivity index (χ1) is 26.5. The molecule has 4 aromatic rings. The number of carbonyl (C=O) groups excluding carboxylic acids is 3. The van der Waals surface area contributed by atoms with Crippen LogP contribution in [0.3, 0.4) is 0 Å². The third-order valence-electron chi connectivity index (χ3n) is 8.50. The van der Waals surface area contributed by atoms with Crippen molar-refractivity contribution in [1.29, 1.82) is 0 Å². The Morgan fingerprint density at radius 2 is 1.58 bits per heavy atom. The minimum absolute atomic E-state index is 0.0915. The van der Waals surface area contributed by atoms with Crippen molar-refractivity contribution in [2.45, 2.75) is 56.6 Å². The third-order valence-corrected chi connectivity index (χ3v) is 10.8. The zero-order valence-electron chi connectivity index (χ0n) is 30.0. The summed E-state index contributed by atoms with van der Waals surface area (Å²) in [5.41, 5.74) is 7.95. The minimum Gasteiger partial charge on any atom is -0.442 e. The molecule has 0 aliphatic carbocycles. The van der Waals surface area contributed by atoms with Crippen LogP contribution in [0.4, 0.5) is 9.93 Å². The molecule has 3 N–H and O–H groups in total. The van der Waals surface area contributed by atoms with Gasteiger partial charge < -0.3 is 30.1 Å². The molecule has 2 amide bonds. The average molecular weight is 796 g/mol. The van der Waals surface area contributed by atoms with E-state index < -0.39 is 47.4 Å². The second-order valence-electron chi connectivity index (χ2n) is 12.6. The van der Waals surface area contributed by atoms with E-state index in [4.69, 9.17) is 43.4 Å². The Labute approximate surface area is 332 Å². The van der Waals surface area contributed by atoms with Crippen molar-refractivity contribution in [3.63, 3.8) is 0 Å². The number of oxime groups is 1.